The minimum atomic E-state index is -0.472. The highest BCUT2D eigenvalue weighted by molar-refractivity contribution is 5.68. The van der Waals surface area contributed by atoms with Crippen LogP contribution in [-0.2, 0) is 4.74 Å². The van der Waals surface area contributed by atoms with Crippen LogP contribution < -0.4 is 14.8 Å². The summed E-state index contributed by atoms with van der Waals surface area (Å²) in [5.41, 5.74) is -0.472. The summed E-state index contributed by atoms with van der Waals surface area (Å²) in [5, 5.41) is 3.35. The van der Waals surface area contributed by atoms with Gasteiger partial charge in [-0.2, -0.15) is 9.97 Å². The van der Waals surface area contributed by atoms with Crippen molar-refractivity contribution in [3.05, 3.63) is 6.07 Å². The monoisotopic (exact) mass is 338 g/mol. The largest absolute Gasteiger partial charge is 0.481 e. The minimum Gasteiger partial charge on any atom is -0.481 e. The normalized spacial score (nSPS) is 15.8. The lowest BCUT2D eigenvalue weighted by molar-refractivity contribution is 0.0210. The summed E-state index contributed by atoms with van der Waals surface area (Å²) >= 11 is 0. The Morgan fingerprint density at radius 1 is 1.21 bits per heavy atom. The van der Waals surface area contributed by atoms with Crippen molar-refractivity contribution in [1.29, 1.82) is 0 Å². The molecule has 0 aliphatic carbocycles. The first-order valence-electron chi connectivity index (χ1n) is 8.02. The van der Waals surface area contributed by atoms with E-state index in [-0.39, 0.29) is 18.1 Å². The van der Waals surface area contributed by atoms with Gasteiger partial charge in [-0.25, -0.2) is 4.79 Å². The molecular weight excluding hydrogens is 312 g/mol. The average molecular weight is 338 g/mol. The quantitative estimate of drug-likeness (QED) is 0.901. The van der Waals surface area contributed by atoms with Gasteiger partial charge < -0.3 is 24.4 Å². The van der Waals surface area contributed by atoms with Crippen molar-refractivity contribution < 1.29 is 19.0 Å². The Morgan fingerprint density at radius 2 is 1.88 bits per heavy atom. The van der Waals surface area contributed by atoms with Gasteiger partial charge in [0, 0.05) is 25.2 Å². The van der Waals surface area contributed by atoms with Gasteiger partial charge in [0.05, 0.1) is 14.2 Å². The van der Waals surface area contributed by atoms with Crippen LogP contribution in [0.3, 0.4) is 0 Å². The number of aromatic nitrogens is 2. The number of likely N-dealkylation sites (tertiary alicyclic amines) is 1. The molecule has 24 heavy (non-hydrogen) atoms. The van der Waals surface area contributed by atoms with Crippen molar-refractivity contribution in [2.75, 3.05) is 32.6 Å². The first-order chi connectivity index (χ1) is 11.3. The summed E-state index contributed by atoms with van der Waals surface area (Å²) in [7, 11) is 3.06. The molecule has 0 saturated carbocycles. The number of carbonyl (C=O) groups excluding carboxylic acids is 1. The molecule has 0 aromatic carbocycles. The Balaban J connectivity index is 1.90. The number of carbonyl (C=O) groups is 1. The Hall–Kier alpha value is -2.25. The van der Waals surface area contributed by atoms with Gasteiger partial charge in [-0.05, 0) is 33.6 Å². The van der Waals surface area contributed by atoms with Gasteiger partial charge >= 0.3 is 12.1 Å². The standard InChI is InChI=1S/C16H26N4O4/c1-16(2,3)24-15(21)20-8-6-11(7-9-20)17-12-10-13(22-4)19-14(18-12)23-5/h10-11H,6-9H2,1-5H3,(H,17,18,19). The van der Waals surface area contributed by atoms with E-state index in [0.29, 0.717) is 24.8 Å². The van der Waals surface area contributed by atoms with Crippen LogP contribution in [0.25, 0.3) is 0 Å². The van der Waals surface area contributed by atoms with Gasteiger partial charge in [-0.1, -0.05) is 0 Å². The molecule has 8 heteroatoms. The van der Waals surface area contributed by atoms with Crippen LogP contribution in [0.15, 0.2) is 6.07 Å². The predicted molar refractivity (Wildman–Crippen MR) is 89.6 cm³/mol. The molecule has 2 rings (SSSR count). The van der Waals surface area contributed by atoms with Crippen LogP contribution in [0.4, 0.5) is 10.6 Å². The number of piperidine rings is 1. The van der Waals surface area contributed by atoms with Crippen molar-refractivity contribution in [3.63, 3.8) is 0 Å². The summed E-state index contributed by atoms with van der Waals surface area (Å²) in [6, 6.07) is 2.19. The molecular formula is C16H26N4O4. The summed E-state index contributed by atoms with van der Waals surface area (Å²) in [6.45, 7) is 6.90. The lowest BCUT2D eigenvalue weighted by atomic mass is 10.1. The number of rotatable bonds is 4. The zero-order valence-electron chi connectivity index (χ0n) is 15.0. The third-order valence-corrected chi connectivity index (χ3v) is 3.57. The van der Waals surface area contributed by atoms with E-state index in [1.807, 2.05) is 20.8 Å². The SMILES string of the molecule is COc1cc(NC2CCN(C(=O)OC(C)(C)C)CC2)nc(OC)n1. The number of nitrogens with one attached hydrogen (secondary N) is 1. The number of hydrogen-bond donors (Lipinski definition) is 1. The molecule has 0 bridgehead atoms. The number of anilines is 1. The van der Waals surface area contributed by atoms with Gasteiger partial charge in [0.2, 0.25) is 5.88 Å². The van der Waals surface area contributed by atoms with E-state index >= 15 is 0 Å². The van der Waals surface area contributed by atoms with Crippen LogP contribution in [0, 0.1) is 0 Å². The third kappa shape index (κ3) is 5.14. The molecule has 1 aromatic heterocycles. The molecule has 1 aromatic rings. The van der Waals surface area contributed by atoms with Crippen LogP contribution in [0.2, 0.25) is 0 Å². The van der Waals surface area contributed by atoms with Gasteiger partial charge in [0.1, 0.15) is 11.4 Å². The fraction of sp³-hybridized carbons (Fsp3) is 0.688. The van der Waals surface area contributed by atoms with E-state index in [1.165, 1.54) is 7.11 Å². The zero-order valence-corrected chi connectivity index (χ0v) is 15.0. The Bertz CT molecular complexity index is 543. The van der Waals surface area contributed by atoms with Gasteiger partial charge in [-0.15, -0.1) is 0 Å². The molecule has 0 radical (unpaired) electrons. The number of hydrogen-bond acceptors (Lipinski definition) is 7. The maximum atomic E-state index is 12.1. The molecule has 1 amide bonds. The number of ether oxygens (including phenoxy) is 3. The van der Waals surface area contributed by atoms with E-state index in [9.17, 15) is 4.79 Å². The van der Waals surface area contributed by atoms with Crippen molar-refractivity contribution in [3.8, 4) is 11.9 Å². The zero-order chi connectivity index (χ0) is 17.7. The minimum absolute atomic E-state index is 0.216. The summed E-state index contributed by atoms with van der Waals surface area (Å²) in [6.07, 6.45) is 1.37. The maximum Gasteiger partial charge on any atom is 0.410 e. The summed E-state index contributed by atoms with van der Waals surface area (Å²) in [5.74, 6) is 1.09. The highest BCUT2D eigenvalue weighted by Crippen LogP contribution is 2.21. The highest BCUT2D eigenvalue weighted by Gasteiger charge is 2.27. The van der Waals surface area contributed by atoms with Crippen LogP contribution in [0.1, 0.15) is 33.6 Å². The highest BCUT2D eigenvalue weighted by atomic mass is 16.6. The van der Waals surface area contributed by atoms with Crippen molar-refractivity contribution in [2.45, 2.75) is 45.3 Å². The van der Waals surface area contributed by atoms with Crippen LogP contribution >= 0.6 is 0 Å². The van der Waals surface area contributed by atoms with Crippen LogP contribution in [0.5, 0.6) is 11.9 Å². The van der Waals surface area contributed by atoms with Gasteiger partial charge in [0.15, 0.2) is 0 Å². The number of amides is 1. The van der Waals surface area contributed by atoms with E-state index in [4.69, 9.17) is 14.2 Å². The molecule has 1 aliphatic rings. The smallest absolute Gasteiger partial charge is 0.410 e. The lowest BCUT2D eigenvalue weighted by Crippen LogP contribution is -2.44. The summed E-state index contributed by atoms with van der Waals surface area (Å²) < 4.78 is 15.6. The van der Waals surface area contributed by atoms with E-state index in [2.05, 4.69) is 15.3 Å². The van der Waals surface area contributed by atoms with Gasteiger partial charge in [-0.3, -0.25) is 0 Å². The second-order valence-corrected chi connectivity index (χ2v) is 6.67. The van der Waals surface area contributed by atoms with E-state index in [0.717, 1.165) is 12.8 Å². The first-order valence-corrected chi connectivity index (χ1v) is 8.02. The lowest BCUT2D eigenvalue weighted by Gasteiger charge is -2.33. The fourth-order valence-electron chi connectivity index (χ4n) is 2.42. The first kappa shape index (κ1) is 18.1. The topological polar surface area (TPSA) is 85.8 Å². The molecule has 0 atom stereocenters. The molecule has 0 unspecified atom stereocenters. The number of nitrogens with zero attached hydrogens (tertiary/aromatic N) is 3. The van der Waals surface area contributed by atoms with E-state index in [1.54, 1.807) is 18.1 Å². The molecule has 8 nitrogen and oxygen atoms in total. The molecule has 2 heterocycles. The predicted octanol–water partition coefficient (Wildman–Crippen LogP) is 2.31. The third-order valence-electron chi connectivity index (χ3n) is 3.57. The molecule has 134 valence electrons. The van der Waals surface area contributed by atoms with Crippen molar-refractivity contribution in [1.82, 2.24) is 14.9 Å². The Morgan fingerprint density at radius 3 is 2.42 bits per heavy atom. The Kier molecular flexibility index (Phi) is 5.69. The molecule has 0 spiro atoms. The average Bonchev–Trinajstić information content (AvgIpc) is 2.53. The fourth-order valence-corrected chi connectivity index (χ4v) is 2.42. The van der Waals surface area contributed by atoms with Gasteiger partial charge in [0.25, 0.3) is 0 Å². The second kappa shape index (κ2) is 7.55. The second-order valence-electron chi connectivity index (χ2n) is 6.67. The van der Waals surface area contributed by atoms with Crippen molar-refractivity contribution in [2.24, 2.45) is 0 Å². The molecule has 1 aliphatic heterocycles. The molecule has 1 N–H and O–H groups in total. The van der Waals surface area contributed by atoms with E-state index < -0.39 is 5.60 Å². The van der Waals surface area contributed by atoms with Crippen molar-refractivity contribution >= 4 is 11.9 Å². The molecule has 1 saturated heterocycles. The Labute approximate surface area is 142 Å². The maximum absolute atomic E-state index is 12.1. The summed E-state index contributed by atoms with van der Waals surface area (Å²) in [4.78, 5) is 22.2. The molecule has 1 fully saturated rings. The number of methoxy groups -OCH3 is 2. The van der Waals surface area contributed by atoms with Crippen LogP contribution in [-0.4, -0.2) is 59.9 Å².